The van der Waals surface area contributed by atoms with Gasteiger partial charge in [0.15, 0.2) is 5.78 Å². The first kappa shape index (κ1) is 20.5. The lowest BCUT2D eigenvalue weighted by Gasteiger charge is -2.20. The molecule has 4 nitrogen and oxygen atoms in total. The summed E-state index contributed by atoms with van der Waals surface area (Å²) in [6.45, 7) is 5.94. The Balaban J connectivity index is 2.05. The standard InChI is InChI=1S/C27H24N2O2/c1-18(2)29-23-11-9-19(3)17-22(23)25(21-7-5-4-6-8-21)26(27(29)31)24(30)12-10-20-13-15-28-16-14-20/h4-18H,1-3H3. The molecule has 0 atom stereocenters. The van der Waals surface area contributed by atoms with Crippen LogP contribution >= 0.6 is 0 Å². The molecule has 0 fully saturated rings. The van der Waals surface area contributed by atoms with Gasteiger partial charge in [-0.3, -0.25) is 14.6 Å². The van der Waals surface area contributed by atoms with Crippen LogP contribution in [0.4, 0.5) is 0 Å². The summed E-state index contributed by atoms with van der Waals surface area (Å²) in [5, 5.41) is 0.903. The van der Waals surface area contributed by atoms with Crippen molar-refractivity contribution in [3.63, 3.8) is 0 Å². The summed E-state index contributed by atoms with van der Waals surface area (Å²) >= 11 is 0. The quantitative estimate of drug-likeness (QED) is 0.307. The normalized spacial score (nSPS) is 11.5. The second-order valence-corrected chi connectivity index (χ2v) is 7.88. The van der Waals surface area contributed by atoms with Gasteiger partial charge in [0.2, 0.25) is 0 Å². The highest BCUT2D eigenvalue weighted by Crippen LogP contribution is 2.32. The molecular weight excluding hydrogens is 384 g/mol. The molecule has 0 saturated carbocycles. The summed E-state index contributed by atoms with van der Waals surface area (Å²) in [6, 6.07) is 19.2. The van der Waals surface area contributed by atoms with Crippen molar-refractivity contribution in [2.75, 3.05) is 0 Å². The minimum Gasteiger partial charge on any atom is -0.305 e. The van der Waals surface area contributed by atoms with Crippen molar-refractivity contribution < 1.29 is 4.79 Å². The van der Waals surface area contributed by atoms with Gasteiger partial charge in [-0.05, 0) is 62.2 Å². The van der Waals surface area contributed by atoms with Crippen molar-refractivity contribution >= 4 is 22.8 Å². The topological polar surface area (TPSA) is 52.0 Å². The van der Waals surface area contributed by atoms with Crippen LogP contribution in [0.2, 0.25) is 0 Å². The van der Waals surface area contributed by atoms with Crippen LogP contribution in [0, 0.1) is 6.92 Å². The molecule has 0 aliphatic rings. The van der Waals surface area contributed by atoms with Gasteiger partial charge in [-0.1, -0.05) is 48.0 Å². The Morgan fingerprint density at radius 2 is 1.71 bits per heavy atom. The number of rotatable bonds is 5. The molecule has 0 saturated heterocycles. The van der Waals surface area contributed by atoms with E-state index in [0.29, 0.717) is 5.56 Å². The Hall–Kier alpha value is -3.79. The molecule has 154 valence electrons. The SMILES string of the molecule is Cc1ccc2c(c1)c(-c1ccccc1)c(C(=O)C=Cc1ccncc1)c(=O)n2C(C)C. The summed E-state index contributed by atoms with van der Waals surface area (Å²) in [4.78, 5) is 31.1. The summed E-state index contributed by atoms with van der Waals surface area (Å²) in [5.74, 6) is -0.307. The van der Waals surface area contributed by atoms with E-state index in [-0.39, 0.29) is 22.9 Å². The molecule has 2 heterocycles. The Morgan fingerprint density at radius 3 is 2.39 bits per heavy atom. The van der Waals surface area contributed by atoms with Crippen molar-refractivity contribution in [2.24, 2.45) is 0 Å². The molecule has 0 amide bonds. The summed E-state index contributed by atoms with van der Waals surface area (Å²) in [7, 11) is 0. The number of hydrogen-bond acceptors (Lipinski definition) is 3. The molecule has 0 radical (unpaired) electrons. The van der Waals surface area contributed by atoms with Crippen molar-refractivity contribution in [2.45, 2.75) is 26.8 Å². The van der Waals surface area contributed by atoms with E-state index in [1.807, 2.05) is 75.4 Å². The Labute approximate surface area is 181 Å². The fraction of sp³-hybridized carbons (Fsp3) is 0.148. The molecule has 4 rings (SSSR count). The molecule has 31 heavy (non-hydrogen) atoms. The van der Waals surface area contributed by atoms with Crippen LogP contribution in [-0.4, -0.2) is 15.3 Å². The van der Waals surface area contributed by atoms with Gasteiger partial charge in [0.05, 0.1) is 11.1 Å². The van der Waals surface area contributed by atoms with Crippen LogP contribution in [0.5, 0.6) is 0 Å². The molecule has 4 aromatic rings. The van der Waals surface area contributed by atoms with E-state index in [0.717, 1.165) is 27.6 Å². The van der Waals surface area contributed by atoms with Gasteiger partial charge in [0, 0.05) is 29.4 Å². The lowest BCUT2D eigenvalue weighted by atomic mass is 9.92. The van der Waals surface area contributed by atoms with Crippen molar-refractivity contribution in [1.29, 1.82) is 0 Å². The first-order valence-corrected chi connectivity index (χ1v) is 10.3. The molecule has 0 aliphatic carbocycles. The van der Waals surface area contributed by atoms with Crippen molar-refractivity contribution in [1.82, 2.24) is 9.55 Å². The molecule has 0 unspecified atom stereocenters. The molecule has 0 N–H and O–H groups in total. The van der Waals surface area contributed by atoms with E-state index in [1.165, 1.54) is 6.08 Å². The number of hydrogen-bond donors (Lipinski definition) is 0. The van der Waals surface area contributed by atoms with E-state index in [1.54, 1.807) is 23.0 Å². The number of aryl methyl sites for hydroxylation is 1. The number of pyridine rings is 2. The predicted octanol–water partition coefficient (Wildman–Crippen LogP) is 5.85. The second kappa shape index (κ2) is 8.52. The zero-order valence-corrected chi connectivity index (χ0v) is 17.9. The van der Waals surface area contributed by atoms with Crippen molar-refractivity contribution in [3.05, 3.63) is 106 Å². The summed E-state index contributed by atoms with van der Waals surface area (Å²) in [5.41, 5.74) is 4.23. The van der Waals surface area contributed by atoms with E-state index in [4.69, 9.17) is 0 Å². The average Bonchev–Trinajstić information content (AvgIpc) is 2.78. The first-order valence-electron chi connectivity index (χ1n) is 10.3. The highest BCUT2D eigenvalue weighted by molar-refractivity contribution is 6.15. The molecule has 4 heteroatoms. The zero-order valence-electron chi connectivity index (χ0n) is 17.9. The molecular formula is C27H24N2O2. The van der Waals surface area contributed by atoms with Crippen molar-refractivity contribution in [3.8, 4) is 11.1 Å². The number of fused-ring (bicyclic) bond motifs is 1. The van der Waals surface area contributed by atoms with Crippen LogP contribution in [0.15, 0.2) is 83.9 Å². The number of ketones is 1. The Morgan fingerprint density at radius 1 is 1.00 bits per heavy atom. The Bertz CT molecular complexity index is 1330. The maximum Gasteiger partial charge on any atom is 0.263 e. The van der Waals surface area contributed by atoms with Crippen LogP contribution in [0.3, 0.4) is 0 Å². The van der Waals surface area contributed by atoms with Crippen LogP contribution in [0.25, 0.3) is 28.1 Å². The second-order valence-electron chi connectivity index (χ2n) is 7.88. The largest absolute Gasteiger partial charge is 0.305 e. The van der Waals surface area contributed by atoms with Gasteiger partial charge in [-0.15, -0.1) is 0 Å². The Kier molecular flexibility index (Phi) is 5.63. The highest BCUT2D eigenvalue weighted by Gasteiger charge is 2.23. The van der Waals surface area contributed by atoms with Crippen LogP contribution in [0.1, 0.15) is 41.4 Å². The summed E-state index contributed by atoms with van der Waals surface area (Å²) in [6.07, 6.45) is 6.54. The van der Waals surface area contributed by atoms with Gasteiger partial charge in [0.25, 0.3) is 5.56 Å². The van der Waals surface area contributed by atoms with E-state index >= 15 is 0 Å². The fourth-order valence-corrected chi connectivity index (χ4v) is 3.91. The lowest BCUT2D eigenvalue weighted by Crippen LogP contribution is -2.29. The van der Waals surface area contributed by atoms with Crippen LogP contribution in [-0.2, 0) is 0 Å². The number of carbonyl (C=O) groups excluding carboxylic acids is 1. The molecule has 0 spiro atoms. The third-order valence-electron chi connectivity index (χ3n) is 5.32. The maximum absolute atomic E-state index is 13.7. The third kappa shape index (κ3) is 3.97. The lowest BCUT2D eigenvalue weighted by molar-refractivity contribution is 0.104. The highest BCUT2D eigenvalue weighted by atomic mass is 16.1. The fourth-order valence-electron chi connectivity index (χ4n) is 3.91. The minimum absolute atomic E-state index is 0.0849. The summed E-state index contributed by atoms with van der Waals surface area (Å²) < 4.78 is 1.72. The van der Waals surface area contributed by atoms with Gasteiger partial charge in [-0.2, -0.15) is 0 Å². The van der Waals surface area contributed by atoms with E-state index in [2.05, 4.69) is 11.1 Å². The number of benzene rings is 2. The average molecular weight is 409 g/mol. The number of aromatic nitrogens is 2. The first-order chi connectivity index (χ1) is 15.0. The van der Waals surface area contributed by atoms with Crippen LogP contribution < -0.4 is 5.56 Å². The molecule has 0 aliphatic heterocycles. The molecule has 2 aromatic heterocycles. The predicted molar refractivity (Wildman–Crippen MR) is 126 cm³/mol. The number of allylic oxidation sites excluding steroid dienone is 1. The van der Waals surface area contributed by atoms with Gasteiger partial charge >= 0.3 is 0 Å². The van der Waals surface area contributed by atoms with Gasteiger partial charge in [0.1, 0.15) is 0 Å². The molecule has 0 bridgehead atoms. The van der Waals surface area contributed by atoms with Gasteiger partial charge < -0.3 is 4.57 Å². The van der Waals surface area contributed by atoms with E-state index in [9.17, 15) is 9.59 Å². The number of carbonyl (C=O) groups is 1. The smallest absolute Gasteiger partial charge is 0.263 e. The maximum atomic E-state index is 13.7. The van der Waals surface area contributed by atoms with E-state index < -0.39 is 0 Å². The minimum atomic E-state index is -0.307. The molecule has 2 aromatic carbocycles. The monoisotopic (exact) mass is 408 g/mol. The number of nitrogens with zero attached hydrogens (tertiary/aromatic N) is 2. The third-order valence-corrected chi connectivity index (χ3v) is 5.32. The van der Waals surface area contributed by atoms with Gasteiger partial charge in [-0.25, -0.2) is 0 Å². The zero-order chi connectivity index (χ0) is 22.0.